The van der Waals surface area contributed by atoms with Gasteiger partial charge < -0.3 is 20.1 Å². The third-order valence-corrected chi connectivity index (χ3v) is 4.10. The van der Waals surface area contributed by atoms with Crippen LogP contribution in [-0.4, -0.2) is 36.3 Å². The number of rotatable bonds is 1. The van der Waals surface area contributed by atoms with Crippen LogP contribution in [0.4, 0.5) is 10.5 Å². The van der Waals surface area contributed by atoms with Gasteiger partial charge in [-0.3, -0.25) is 0 Å². The van der Waals surface area contributed by atoms with E-state index in [-0.39, 0.29) is 6.09 Å². The van der Waals surface area contributed by atoms with Gasteiger partial charge in [0.1, 0.15) is 11.4 Å². The van der Waals surface area contributed by atoms with Gasteiger partial charge in [0.15, 0.2) is 0 Å². The molecule has 0 spiro atoms. The molecule has 0 fully saturated rings. The fourth-order valence-corrected chi connectivity index (χ4v) is 3.03. The molecule has 5 nitrogen and oxygen atoms in total. The second kappa shape index (κ2) is 5.80. The van der Waals surface area contributed by atoms with Crippen molar-refractivity contribution in [3.63, 3.8) is 0 Å². The minimum atomic E-state index is -0.462. The first-order valence-corrected chi connectivity index (χ1v) is 8.06. The summed E-state index contributed by atoms with van der Waals surface area (Å²) in [5.74, 6) is 0.831. The highest BCUT2D eigenvalue weighted by atomic mass is 16.6. The van der Waals surface area contributed by atoms with Gasteiger partial charge in [-0.25, -0.2) is 4.79 Å². The van der Waals surface area contributed by atoms with E-state index < -0.39 is 5.60 Å². The molecule has 2 heterocycles. The largest absolute Gasteiger partial charge is 0.491 e. The van der Waals surface area contributed by atoms with E-state index in [1.807, 2.05) is 26.8 Å². The molecule has 2 aliphatic heterocycles. The van der Waals surface area contributed by atoms with Crippen LogP contribution in [0.1, 0.15) is 38.3 Å². The molecule has 0 saturated heterocycles. The van der Waals surface area contributed by atoms with Gasteiger partial charge in [0.25, 0.3) is 0 Å². The molecule has 23 heavy (non-hydrogen) atoms. The van der Waals surface area contributed by atoms with Crippen molar-refractivity contribution < 1.29 is 14.3 Å². The lowest BCUT2D eigenvalue weighted by Gasteiger charge is -2.30. The minimum Gasteiger partial charge on any atom is -0.491 e. The molecule has 0 aromatic heterocycles. The summed E-state index contributed by atoms with van der Waals surface area (Å²) in [6.45, 7) is 7.58. The number of hydrogen-bond acceptors (Lipinski definition) is 4. The third kappa shape index (κ3) is 3.28. The lowest BCUT2D eigenvalue weighted by Crippen LogP contribution is -2.39. The number of nitrogen functional groups attached to an aromatic ring is 1. The molecule has 1 amide bonds. The fraction of sp³-hybridized carbons (Fsp3) is 0.500. The molecule has 0 radical (unpaired) electrons. The second-order valence-corrected chi connectivity index (χ2v) is 7.01. The van der Waals surface area contributed by atoms with Gasteiger partial charge in [-0.15, -0.1) is 0 Å². The first kappa shape index (κ1) is 15.7. The van der Waals surface area contributed by atoms with Crippen LogP contribution < -0.4 is 10.5 Å². The van der Waals surface area contributed by atoms with Gasteiger partial charge >= 0.3 is 6.09 Å². The Labute approximate surface area is 137 Å². The number of hydrogen-bond donors (Lipinski definition) is 1. The topological polar surface area (TPSA) is 64.8 Å². The van der Waals surface area contributed by atoms with E-state index in [1.165, 1.54) is 16.7 Å². The molecule has 5 heteroatoms. The van der Waals surface area contributed by atoms with Crippen molar-refractivity contribution in [3.8, 4) is 5.75 Å². The van der Waals surface area contributed by atoms with Crippen molar-refractivity contribution in [2.45, 2.75) is 39.2 Å². The molecular weight excluding hydrogens is 292 g/mol. The molecule has 1 aromatic carbocycles. The van der Waals surface area contributed by atoms with E-state index in [9.17, 15) is 4.79 Å². The lowest BCUT2D eigenvalue weighted by molar-refractivity contribution is 0.0270. The maximum absolute atomic E-state index is 12.1. The molecule has 1 aromatic rings. The number of amides is 1. The van der Waals surface area contributed by atoms with Crippen molar-refractivity contribution in [2.24, 2.45) is 0 Å². The summed E-state index contributed by atoms with van der Waals surface area (Å²) in [4.78, 5) is 13.9. The van der Waals surface area contributed by atoms with Crippen LogP contribution in [0.15, 0.2) is 18.2 Å². The SMILES string of the molecule is CC(C)(C)OC(=O)N1CC=C(c2ccc(N)c3c2CCO3)CC1. The molecule has 0 aliphatic carbocycles. The van der Waals surface area contributed by atoms with E-state index in [0.29, 0.717) is 25.4 Å². The van der Waals surface area contributed by atoms with Gasteiger partial charge in [-0.1, -0.05) is 12.1 Å². The molecule has 0 atom stereocenters. The van der Waals surface area contributed by atoms with Crippen LogP contribution >= 0.6 is 0 Å². The molecule has 0 saturated carbocycles. The predicted molar refractivity (Wildman–Crippen MR) is 90.5 cm³/mol. The highest BCUT2D eigenvalue weighted by Crippen LogP contribution is 2.38. The number of benzene rings is 1. The zero-order valence-corrected chi connectivity index (χ0v) is 14.0. The summed E-state index contributed by atoms with van der Waals surface area (Å²) in [5, 5.41) is 0. The van der Waals surface area contributed by atoms with Crippen molar-refractivity contribution in [1.29, 1.82) is 0 Å². The molecule has 124 valence electrons. The summed E-state index contributed by atoms with van der Waals surface area (Å²) in [6, 6.07) is 3.97. The summed E-state index contributed by atoms with van der Waals surface area (Å²) >= 11 is 0. The van der Waals surface area contributed by atoms with Gasteiger partial charge in [0.2, 0.25) is 0 Å². The van der Waals surface area contributed by atoms with Crippen molar-refractivity contribution in [2.75, 3.05) is 25.4 Å². The van der Waals surface area contributed by atoms with Crippen LogP contribution in [0, 0.1) is 0 Å². The number of ether oxygens (including phenoxy) is 2. The Morgan fingerprint density at radius 2 is 2.09 bits per heavy atom. The van der Waals surface area contributed by atoms with E-state index in [4.69, 9.17) is 15.2 Å². The maximum atomic E-state index is 12.1. The van der Waals surface area contributed by atoms with Crippen LogP contribution in [0.25, 0.3) is 5.57 Å². The summed E-state index contributed by atoms with van der Waals surface area (Å²) in [5.41, 5.74) is 9.87. The fourth-order valence-electron chi connectivity index (χ4n) is 3.03. The van der Waals surface area contributed by atoms with Crippen LogP contribution in [0.5, 0.6) is 5.75 Å². The normalized spacial score (nSPS) is 17.3. The Balaban J connectivity index is 1.76. The molecule has 3 rings (SSSR count). The lowest BCUT2D eigenvalue weighted by atomic mass is 9.93. The summed E-state index contributed by atoms with van der Waals surface area (Å²) < 4.78 is 11.1. The Morgan fingerprint density at radius 1 is 1.30 bits per heavy atom. The Bertz CT molecular complexity index is 659. The van der Waals surface area contributed by atoms with E-state index in [1.54, 1.807) is 4.90 Å². The highest BCUT2D eigenvalue weighted by molar-refractivity contribution is 5.77. The molecule has 0 bridgehead atoms. The van der Waals surface area contributed by atoms with Crippen molar-refractivity contribution in [1.82, 2.24) is 4.90 Å². The van der Waals surface area contributed by atoms with Crippen LogP contribution in [0.2, 0.25) is 0 Å². The van der Waals surface area contributed by atoms with Crippen LogP contribution in [-0.2, 0) is 11.2 Å². The number of carbonyl (C=O) groups is 1. The highest BCUT2D eigenvalue weighted by Gasteiger charge is 2.26. The number of nitrogens with zero attached hydrogens (tertiary/aromatic N) is 1. The monoisotopic (exact) mass is 316 g/mol. The summed E-state index contributed by atoms with van der Waals surface area (Å²) in [6.07, 6.45) is 3.56. The van der Waals surface area contributed by atoms with Gasteiger partial charge in [-0.05, 0) is 44.4 Å². The van der Waals surface area contributed by atoms with Gasteiger partial charge in [0.05, 0.1) is 12.3 Å². The van der Waals surface area contributed by atoms with E-state index >= 15 is 0 Å². The summed E-state index contributed by atoms with van der Waals surface area (Å²) in [7, 11) is 0. The first-order chi connectivity index (χ1) is 10.8. The molecular formula is C18H24N2O3. The Hall–Kier alpha value is -2.17. The smallest absolute Gasteiger partial charge is 0.410 e. The first-order valence-electron chi connectivity index (χ1n) is 8.06. The second-order valence-electron chi connectivity index (χ2n) is 7.01. The average Bonchev–Trinajstić information content (AvgIpc) is 2.96. The van der Waals surface area contributed by atoms with Crippen molar-refractivity contribution in [3.05, 3.63) is 29.3 Å². The average molecular weight is 316 g/mol. The number of carbonyl (C=O) groups excluding carboxylic acids is 1. The Morgan fingerprint density at radius 3 is 2.74 bits per heavy atom. The Kier molecular flexibility index (Phi) is 3.96. The molecule has 2 N–H and O–H groups in total. The minimum absolute atomic E-state index is 0.251. The number of nitrogens with two attached hydrogens (primary N) is 1. The number of fused-ring (bicyclic) bond motifs is 1. The predicted octanol–water partition coefficient (Wildman–Crippen LogP) is 3.23. The van der Waals surface area contributed by atoms with Crippen LogP contribution in [0.3, 0.4) is 0 Å². The van der Waals surface area contributed by atoms with Gasteiger partial charge in [-0.2, -0.15) is 0 Å². The zero-order valence-electron chi connectivity index (χ0n) is 14.0. The number of anilines is 1. The zero-order chi connectivity index (χ0) is 16.6. The molecule has 2 aliphatic rings. The third-order valence-electron chi connectivity index (χ3n) is 4.10. The maximum Gasteiger partial charge on any atom is 0.410 e. The van der Waals surface area contributed by atoms with Gasteiger partial charge in [0, 0.05) is 25.1 Å². The standard InChI is InChI=1S/C18H24N2O3/c1-18(2,3)23-17(21)20-9-6-12(7-10-20)13-4-5-15(19)16-14(13)8-11-22-16/h4-6H,7-11,19H2,1-3H3. The quantitative estimate of drug-likeness (QED) is 0.808. The van der Waals surface area contributed by atoms with E-state index in [2.05, 4.69) is 12.1 Å². The molecule has 0 unspecified atom stereocenters. The van der Waals surface area contributed by atoms with Crippen molar-refractivity contribution >= 4 is 17.4 Å². The van der Waals surface area contributed by atoms with E-state index in [0.717, 1.165) is 18.6 Å².